The largest absolute Gasteiger partial charge is 0.493 e. The first-order valence-electron chi connectivity index (χ1n) is 9.84. The maximum absolute atomic E-state index is 12.9. The molecule has 11 heteroatoms. The number of ether oxygens (including phenoxy) is 1. The molecule has 0 spiro atoms. The highest BCUT2D eigenvalue weighted by atomic mass is 32.2. The van der Waals surface area contributed by atoms with Crippen molar-refractivity contribution in [2.45, 2.75) is 34.4 Å². The van der Waals surface area contributed by atoms with Crippen molar-refractivity contribution in [3.8, 4) is 5.75 Å². The van der Waals surface area contributed by atoms with E-state index in [2.05, 4.69) is 0 Å². The van der Waals surface area contributed by atoms with E-state index in [-0.39, 0.29) is 15.0 Å². The van der Waals surface area contributed by atoms with Crippen LogP contribution in [0.1, 0.15) is 19.3 Å². The Bertz CT molecular complexity index is 1110. The molecule has 31 heavy (non-hydrogen) atoms. The van der Waals surface area contributed by atoms with Gasteiger partial charge in [-0.15, -0.1) is 11.3 Å². The molecule has 0 radical (unpaired) electrons. The lowest BCUT2D eigenvalue weighted by molar-refractivity contribution is -0.133. The van der Waals surface area contributed by atoms with Crippen LogP contribution in [0, 0.1) is 0 Å². The lowest BCUT2D eigenvalue weighted by atomic mass is 10.2. The first-order valence-corrected chi connectivity index (χ1v) is 14.0. The number of thiophene rings is 1. The SMILES string of the molecule is CN(CCCOc1cccc(S(C)(=O)=O)c1)C(=O)C1CCCN1S(=O)(=O)c1cccs1. The molecule has 0 saturated carbocycles. The molecule has 1 aliphatic heterocycles. The number of amides is 1. The van der Waals surface area contributed by atoms with Crippen molar-refractivity contribution in [3.63, 3.8) is 0 Å². The fourth-order valence-electron chi connectivity index (χ4n) is 3.45. The van der Waals surface area contributed by atoms with Crippen molar-refractivity contribution in [1.82, 2.24) is 9.21 Å². The molecule has 1 unspecified atom stereocenters. The molecule has 1 aromatic carbocycles. The second-order valence-electron chi connectivity index (χ2n) is 7.41. The second-order valence-corrected chi connectivity index (χ2v) is 12.5. The summed E-state index contributed by atoms with van der Waals surface area (Å²) in [7, 11) is -5.33. The summed E-state index contributed by atoms with van der Waals surface area (Å²) in [4.78, 5) is 14.6. The Morgan fingerprint density at radius 3 is 2.68 bits per heavy atom. The maximum Gasteiger partial charge on any atom is 0.253 e. The molecule has 2 heterocycles. The Kier molecular flexibility index (Phi) is 7.40. The van der Waals surface area contributed by atoms with Crippen LogP contribution < -0.4 is 4.74 Å². The number of hydrogen-bond donors (Lipinski definition) is 0. The van der Waals surface area contributed by atoms with Crippen molar-refractivity contribution >= 4 is 37.1 Å². The van der Waals surface area contributed by atoms with Gasteiger partial charge in [0.05, 0.1) is 11.5 Å². The average molecular weight is 487 g/mol. The number of carbonyl (C=O) groups excluding carboxylic acids is 1. The van der Waals surface area contributed by atoms with Gasteiger partial charge in [-0.05, 0) is 48.9 Å². The van der Waals surface area contributed by atoms with Crippen LogP contribution in [0.4, 0.5) is 0 Å². The lowest BCUT2D eigenvalue weighted by Gasteiger charge is -2.27. The van der Waals surface area contributed by atoms with Gasteiger partial charge in [-0.3, -0.25) is 4.79 Å². The number of nitrogens with zero attached hydrogens (tertiary/aromatic N) is 2. The van der Waals surface area contributed by atoms with Crippen molar-refractivity contribution in [3.05, 3.63) is 41.8 Å². The van der Waals surface area contributed by atoms with Crippen LogP contribution in [0.5, 0.6) is 5.75 Å². The molecule has 1 aromatic heterocycles. The van der Waals surface area contributed by atoms with Crippen LogP contribution in [0.3, 0.4) is 0 Å². The number of sulfonamides is 1. The van der Waals surface area contributed by atoms with Gasteiger partial charge in [0.15, 0.2) is 9.84 Å². The van der Waals surface area contributed by atoms with Crippen LogP contribution in [-0.4, -0.2) is 71.0 Å². The number of carbonyl (C=O) groups is 1. The summed E-state index contributed by atoms with van der Waals surface area (Å²) in [6.07, 6.45) is 2.81. The van der Waals surface area contributed by atoms with Crippen LogP contribution in [0.2, 0.25) is 0 Å². The van der Waals surface area contributed by atoms with E-state index in [1.54, 1.807) is 36.7 Å². The number of sulfone groups is 1. The van der Waals surface area contributed by atoms with Gasteiger partial charge < -0.3 is 9.64 Å². The fraction of sp³-hybridized carbons (Fsp3) is 0.450. The lowest BCUT2D eigenvalue weighted by Crippen LogP contribution is -2.46. The highest BCUT2D eigenvalue weighted by molar-refractivity contribution is 7.91. The van der Waals surface area contributed by atoms with Gasteiger partial charge in [0, 0.05) is 26.4 Å². The maximum atomic E-state index is 12.9. The molecule has 170 valence electrons. The Hall–Kier alpha value is -1.95. The molecular formula is C20H26N2O6S3. The molecule has 1 atom stereocenters. The van der Waals surface area contributed by atoms with Gasteiger partial charge in [0.1, 0.15) is 16.0 Å². The summed E-state index contributed by atoms with van der Waals surface area (Å²) in [5, 5.41) is 1.71. The van der Waals surface area contributed by atoms with Crippen molar-refractivity contribution in [2.24, 2.45) is 0 Å². The van der Waals surface area contributed by atoms with E-state index >= 15 is 0 Å². The van der Waals surface area contributed by atoms with E-state index in [1.807, 2.05) is 0 Å². The highest BCUT2D eigenvalue weighted by Gasteiger charge is 2.40. The minimum absolute atomic E-state index is 0.186. The van der Waals surface area contributed by atoms with Crippen molar-refractivity contribution in [2.75, 3.05) is 33.0 Å². The minimum Gasteiger partial charge on any atom is -0.493 e. The monoisotopic (exact) mass is 486 g/mol. The normalized spacial score (nSPS) is 17.5. The molecule has 1 fully saturated rings. The van der Waals surface area contributed by atoms with Gasteiger partial charge in [0.25, 0.3) is 10.0 Å². The van der Waals surface area contributed by atoms with E-state index < -0.39 is 25.9 Å². The molecule has 1 amide bonds. The zero-order chi connectivity index (χ0) is 22.6. The Labute approximate surface area is 187 Å². The van der Waals surface area contributed by atoms with Gasteiger partial charge in [0.2, 0.25) is 5.91 Å². The van der Waals surface area contributed by atoms with Crippen LogP contribution in [0.15, 0.2) is 50.9 Å². The molecule has 0 bridgehead atoms. The fourth-order valence-corrected chi connectivity index (χ4v) is 6.88. The summed E-state index contributed by atoms with van der Waals surface area (Å²) in [5.41, 5.74) is 0. The third-order valence-electron chi connectivity index (χ3n) is 5.06. The van der Waals surface area contributed by atoms with Crippen LogP contribution in [0.25, 0.3) is 0 Å². The average Bonchev–Trinajstić information content (AvgIpc) is 3.42. The van der Waals surface area contributed by atoms with E-state index in [1.165, 1.54) is 21.3 Å². The van der Waals surface area contributed by atoms with Gasteiger partial charge in [-0.25, -0.2) is 16.8 Å². The third-order valence-corrected chi connectivity index (χ3v) is 9.45. The quantitative estimate of drug-likeness (QED) is 0.504. The van der Waals surface area contributed by atoms with E-state index in [9.17, 15) is 21.6 Å². The third kappa shape index (κ3) is 5.65. The highest BCUT2D eigenvalue weighted by Crippen LogP contribution is 2.29. The molecule has 1 aliphatic rings. The van der Waals surface area contributed by atoms with Crippen molar-refractivity contribution in [1.29, 1.82) is 0 Å². The minimum atomic E-state index is -3.67. The standard InChI is InChI=1S/C20H26N2O6S3/c1-21(11-6-13-28-16-7-3-8-17(15-16)30(2,24)25)20(23)18-9-4-12-22(18)31(26,27)19-10-5-14-29-19/h3,5,7-8,10,14-15,18H,4,6,9,11-13H2,1-2H3. The van der Waals surface area contributed by atoms with Crippen molar-refractivity contribution < 1.29 is 26.4 Å². The summed E-state index contributed by atoms with van der Waals surface area (Å²) in [6, 6.07) is 8.81. The van der Waals surface area contributed by atoms with Gasteiger partial charge in [-0.1, -0.05) is 12.1 Å². The number of likely N-dealkylation sites (N-methyl/N-ethyl adjacent to an activating group) is 1. The molecule has 1 saturated heterocycles. The van der Waals surface area contributed by atoms with E-state index in [4.69, 9.17) is 4.74 Å². The first kappa shape index (κ1) is 23.7. The Morgan fingerprint density at radius 1 is 1.23 bits per heavy atom. The summed E-state index contributed by atoms with van der Waals surface area (Å²) < 4.78 is 56.1. The first-order chi connectivity index (χ1) is 14.6. The number of benzene rings is 1. The topological polar surface area (TPSA) is 101 Å². The number of hydrogen-bond acceptors (Lipinski definition) is 7. The van der Waals surface area contributed by atoms with Gasteiger partial charge in [-0.2, -0.15) is 4.31 Å². The van der Waals surface area contributed by atoms with Crippen LogP contribution in [-0.2, 0) is 24.7 Å². The Balaban J connectivity index is 1.54. The molecular weight excluding hydrogens is 460 g/mol. The molecule has 8 nitrogen and oxygen atoms in total. The molecule has 0 N–H and O–H groups in total. The summed E-state index contributed by atoms with van der Waals surface area (Å²) >= 11 is 1.15. The zero-order valence-electron chi connectivity index (χ0n) is 17.4. The van der Waals surface area contributed by atoms with E-state index in [0.29, 0.717) is 44.7 Å². The second kappa shape index (κ2) is 9.68. The van der Waals surface area contributed by atoms with Crippen LogP contribution >= 0.6 is 11.3 Å². The molecule has 3 rings (SSSR count). The van der Waals surface area contributed by atoms with Gasteiger partial charge >= 0.3 is 0 Å². The predicted molar refractivity (Wildman–Crippen MR) is 119 cm³/mol. The number of rotatable bonds is 9. The summed E-state index contributed by atoms with van der Waals surface area (Å²) in [6.45, 7) is 1.03. The summed E-state index contributed by atoms with van der Waals surface area (Å²) in [5.74, 6) is 0.220. The molecule has 2 aromatic rings. The zero-order valence-corrected chi connectivity index (χ0v) is 19.9. The van der Waals surface area contributed by atoms with E-state index in [0.717, 1.165) is 17.6 Å². The predicted octanol–water partition coefficient (Wildman–Crippen LogP) is 2.23. The smallest absolute Gasteiger partial charge is 0.253 e. The molecule has 0 aliphatic carbocycles. The Morgan fingerprint density at radius 2 is 2.00 bits per heavy atom.